The van der Waals surface area contributed by atoms with Gasteiger partial charge in [0.1, 0.15) is 5.75 Å². The Kier molecular flexibility index (Phi) is 3.19. The summed E-state index contributed by atoms with van der Waals surface area (Å²) in [6.45, 7) is 1.49. The second-order valence-electron chi connectivity index (χ2n) is 4.31. The van der Waals surface area contributed by atoms with Gasteiger partial charge in [-0.25, -0.2) is 0 Å². The predicted octanol–water partition coefficient (Wildman–Crippen LogP) is 2.09. The van der Waals surface area contributed by atoms with Crippen LogP contribution in [0.2, 0.25) is 0 Å². The van der Waals surface area contributed by atoms with Crippen LogP contribution in [0.1, 0.15) is 23.7 Å². The van der Waals surface area contributed by atoms with Crippen molar-refractivity contribution >= 4 is 0 Å². The van der Waals surface area contributed by atoms with Gasteiger partial charge in [0, 0.05) is 43.2 Å². The van der Waals surface area contributed by atoms with Gasteiger partial charge in [-0.2, -0.15) is 0 Å². The van der Waals surface area contributed by atoms with Gasteiger partial charge in [-0.05, 0) is 6.07 Å². The fraction of sp³-hybridized carbons (Fsp3) is 0.286. The summed E-state index contributed by atoms with van der Waals surface area (Å²) in [7, 11) is 0. The molecule has 3 rings (SSSR count). The molecule has 1 unspecified atom stereocenters. The maximum Gasteiger partial charge on any atom is 0.124 e. The molecule has 0 fully saturated rings. The van der Waals surface area contributed by atoms with Crippen LogP contribution in [0.3, 0.4) is 0 Å². The van der Waals surface area contributed by atoms with Gasteiger partial charge in [0.15, 0.2) is 0 Å². The van der Waals surface area contributed by atoms with E-state index in [1.165, 1.54) is 5.56 Å². The Morgan fingerprint density at radius 1 is 1.28 bits per heavy atom. The molecule has 0 amide bonds. The first kappa shape index (κ1) is 11.2. The zero-order valence-electron chi connectivity index (χ0n) is 10.0. The van der Waals surface area contributed by atoms with Crippen LogP contribution in [0.25, 0.3) is 0 Å². The van der Waals surface area contributed by atoms with E-state index in [4.69, 9.17) is 4.74 Å². The van der Waals surface area contributed by atoms with E-state index in [1.54, 1.807) is 18.6 Å². The summed E-state index contributed by atoms with van der Waals surface area (Å²) in [5.41, 5.74) is 2.19. The Morgan fingerprint density at radius 2 is 2.22 bits per heavy atom. The van der Waals surface area contributed by atoms with Crippen molar-refractivity contribution in [3.05, 3.63) is 54.1 Å². The number of ether oxygens (including phenoxy) is 1. The zero-order chi connectivity index (χ0) is 12.2. The van der Waals surface area contributed by atoms with Crippen molar-refractivity contribution < 1.29 is 4.74 Å². The summed E-state index contributed by atoms with van der Waals surface area (Å²) in [4.78, 5) is 8.33. The molecule has 0 bridgehead atoms. The Morgan fingerprint density at radius 3 is 3.11 bits per heavy atom. The number of fused-ring (bicyclic) bond motifs is 1. The quantitative estimate of drug-likeness (QED) is 0.893. The monoisotopic (exact) mass is 241 g/mol. The highest BCUT2D eigenvalue weighted by molar-refractivity contribution is 5.37. The van der Waals surface area contributed by atoms with E-state index in [9.17, 15) is 0 Å². The molecule has 1 aliphatic heterocycles. The third-order valence-electron chi connectivity index (χ3n) is 3.10. The van der Waals surface area contributed by atoms with E-state index in [2.05, 4.69) is 21.4 Å². The molecule has 2 aromatic rings. The lowest BCUT2D eigenvalue weighted by Gasteiger charge is -2.26. The molecule has 4 nitrogen and oxygen atoms in total. The lowest BCUT2D eigenvalue weighted by molar-refractivity contribution is 0.252. The van der Waals surface area contributed by atoms with Gasteiger partial charge in [0.2, 0.25) is 0 Å². The van der Waals surface area contributed by atoms with E-state index >= 15 is 0 Å². The molecule has 92 valence electrons. The third kappa shape index (κ3) is 2.33. The Labute approximate surface area is 106 Å². The van der Waals surface area contributed by atoms with E-state index in [-0.39, 0.29) is 0 Å². The molecular weight excluding hydrogens is 226 g/mol. The molecule has 1 aliphatic rings. The number of hydrogen-bond acceptors (Lipinski definition) is 4. The molecule has 0 saturated heterocycles. The highest BCUT2D eigenvalue weighted by Gasteiger charge is 2.20. The van der Waals surface area contributed by atoms with E-state index in [1.807, 2.05) is 18.2 Å². The molecule has 1 aromatic heterocycles. The van der Waals surface area contributed by atoms with E-state index < -0.39 is 0 Å². The fourth-order valence-electron chi connectivity index (χ4n) is 2.20. The zero-order valence-corrected chi connectivity index (χ0v) is 10.0. The topological polar surface area (TPSA) is 47.0 Å². The van der Waals surface area contributed by atoms with Gasteiger partial charge in [-0.1, -0.05) is 18.2 Å². The number of para-hydroxylation sites is 1. The number of nitrogens with zero attached hydrogens (tertiary/aromatic N) is 2. The molecule has 2 heterocycles. The number of benzene rings is 1. The smallest absolute Gasteiger partial charge is 0.124 e. The van der Waals surface area contributed by atoms with Gasteiger partial charge < -0.3 is 10.1 Å². The van der Waals surface area contributed by atoms with Crippen molar-refractivity contribution in [3.8, 4) is 5.75 Å². The van der Waals surface area contributed by atoms with Gasteiger partial charge in [-0.15, -0.1) is 0 Å². The van der Waals surface area contributed by atoms with Gasteiger partial charge in [0.25, 0.3) is 0 Å². The summed E-state index contributed by atoms with van der Waals surface area (Å²) < 4.78 is 5.64. The van der Waals surface area contributed by atoms with Crippen LogP contribution in [0.15, 0.2) is 42.9 Å². The predicted molar refractivity (Wildman–Crippen MR) is 68.2 cm³/mol. The van der Waals surface area contributed by atoms with Crippen molar-refractivity contribution in [2.75, 3.05) is 6.61 Å². The minimum Gasteiger partial charge on any atom is -0.493 e. The largest absolute Gasteiger partial charge is 0.493 e. The molecule has 0 aliphatic carbocycles. The SMILES string of the molecule is c1ccc2c(c1)OCCC2NCc1cnccn1. The van der Waals surface area contributed by atoms with Crippen molar-refractivity contribution in [1.29, 1.82) is 0 Å². The highest BCUT2D eigenvalue weighted by atomic mass is 16.5. The summed E-state index contributed by atoms with van der Waals surface area (Å²) >= 11 is 0. The van der Waals surface area contributed by atoms with Crippen LogP contribution < -0.4 is 10.1 Å². The van der Waals surface area contributed by atoms with Crippen LogP contribution in [-0.2, 0) is 6.54 Å². The summed E-state index contributed by atoms with van der Waals surface area (Å²) in [6, 6.07) is 8.51. The van der Waals surface area contributed by atoms with Gasteiger partial charge >= 0.3 is 0 Å². The Hall–Kier alpha value is -1.94. The summed E-state index contributed by atoms with van der Waals surface area (Å²) in [5, 5.41) is 3.51. The Balaban J connectivity index is 1.71. The van der Waals surface area contributed by atoms with Crippen LogP contribution in [0, 0.1) is 0 Å². The second kappa shape index (κ2) is 5.14. The van der Waals surface area contributed by atoms with Crippen molar-refractivity contribution in [2.45, 2.75) is 19.0 Å². The first-order chi connectivity index (χ1) is 8.93. The van der Waals surface area contributed by atoms with Crippen molar-refractivity contribution in [1.82, 2.24) is 15.3 Å². The molecule has 1 atom stereocenters. The molecular formula is C14H15N3O. The Bertz CT molecular complexity index is 515. The third-order valence-corrected chi connectivity index (χ3v) is 3.10. The van der Waals surface area contributed by atoms with Crippen LogP contribution >= 0.6 is 0 Å². The van der Waals surface area contributed by atoms with Gasteiger partial charge in [-0.3, -0.25) is 9.97 Å². The average molecular weight is 241 g/mol. The van der Waals surface area contributed by atoms with Crippen molar-refractivity contribution in [2.24, 2.45) is 0 Å². The van der Waals surface area contributed by atoms with Gasteiger partial charge in [0.05, 0.1) is 12.3 Å². The average Bonchev–Trinajstić information content (AvgIpc) is 2.46. The molecule has 4 heteroatoms. The maximum atomic E-state index is 5.64. The molecule has 18 heavy (non-hydrogen) atoms. The molecule has 1 N–H and O–H groups in total. The second-order valence-corrected chi connectivity index (χ2v) is 4.31. The van der Waals surface area contributed by atoms with Crippen LogP contribution in [0.4, 0.5) is 0 Å². The molecule has 0 saturated carbocycles. The summed E-state index contributed by atoms with van der Waals surface area (Å²) in [6.07, 6.45) is 6.18. The minimum absolute atomic E-state index is 0.331. The van der Waals surface area contributed by atoms with E-state index in [0.717, 1.165) is 31.0 Å². The normalized spacial score (nSPS) is 17.9. The van der Waals surface area contributed by atoms with Crippen LogP contribution in [0.5, 0.6) is 5.75 Å². The molecule has 0 spiro atoms. The lowest BCUT2D eigenvalue weighted by Crippen LogP contribution is -2.27. The highest BCUT2D eigenvalue weighted by Crippen LogP contribution is 2.31. The van der Waals surface area contributed by atoms with Crippen LogP contribution in [-0.4, -0.2) is 16.6 Å². The number of nitrogens with one attached hydrogen (secondary N) is 1. The summed E-state index contributed by atoms with van der Waals surface area (Å²) in [5.74, 6) is 0.986. The number of aromatic nitrogens is 2. The maximum absolute atomic E-state index is 5.64. The molecule has 0 radical (unpaired) electrons. The fourth-order valence-corrected chi connectivity index (χ4v) is 2.20. The number of rotatable bonds is 3. The minimum atomic E-state index is 0.331. The first-order valence-corrected chi connectivity index (χ1v) is 6.13. The van der Waals surface area contributed by atoms with Crippen molar-refractivity contribution in [3.63, 3.8) is 0 Å². The number of hydrogen-bond donors (Lipinski definition) is 1. The first-order valence-electron chi connectivity index (χ1n) is 6.13. The molecule has 1 aromatic carbocycles. The lowest BCUT2D eigenvalue weighted by atomic mass is 10.0. The standard InChI is InChI=1S/C14H15N3O/c1-2-4-14-12(3-1)13(5-8-18-14)17-10-11-9-15-6-7-16-11/h1-4,6-7,9,13,17H,5,8,10H2. The van der Waals surface area contributed by atoms with E-state index in [0.29, 0.717) is 6.04 Å².